The van der Waals surface area contributed by atoms with E-state index in [-0.39, 0.29) is 11.8 Å². The predicted octanol–water partition coefficient (Wildman–Crippen LogP) is 3.48. The number of amides is 2. The molecule has 0 aromatic heterocycles. The van der Waals surface area contributed by atoms with Gasteiger partial charge in [-0.25, -0.2) is 0 Å². The number of methoxy groups -OCH3 is 1. The topological polar surface area (TPSA) is 102 Å². The second kappa shape index (κ2) is 10.7. The first-order chi connectivity index (χ1) is 17.0. The lowest BCUT2D eigenvalue weighted by Crippen LogP contribution is -2.46. The first-order valence-corrected chi connectivity index (χ1v) is 13.3. The molecule has 0 radical (unpaired) electrons. The van der Waals surface area contributed by atoms with Crippen molar-refractivity contribution < 1.29 is 14.3 Å². The summed E-state index contributed by atoms with van der Waals surface area (Å²) >= 11 is 1.76. The zero-order chi connectivity index (χ0) is 25.0. The van der Waals surface area contributed by atoms with E-state index in [0.29, 0.717) is 50.3 Å². The fraction of sp³-hybridized carbons (Fsp3) is 0.407. The van der Waals surface area contributed by atoms with E-state index in [4.69, 9.17) is 16.2 Å². The highest BCUT2D eigenvalue weighted by atomic mass is 32.2. The van der Waals surface area contributed by atoms with Gasteiger partial charge in [0.2, 0.25) is 5.91 Å². The summed E-state index contributed by atoms with van der Waals surface area (Å²) in [7, 11) is 1.60. The summed E-state index contributed by atoms with van der Waals surface area (Å²) in [6.45, 7) is 2.14. The van der Waals surface area contributed by atoms with Gasteiger partial charge in [0, 0.05) is 54.8 Å². The number of hydrogen-bond donors (Lipinski definition) is 2. The highest BCUT2D eigenvalue weighted by Crippen LogP contribution is 2.44. The van der Waals surface area contributed by atoms with Crippen LogP contribution in [0.15, 0.2) is 48.7 Å². The predicted molar refractivity (Wildman–Crippen MR) is 142 cm³/mol. The summed E-state index contributed by atoms with van der Waals surface area (Å²) in [5.41, 5.74) is 15.5. The van der Waals surface area contributed by atoms with Gasteiger partial charge in [-0.2, -0.15) is 11.8 Å². The Hall–Kier alpha value is -2.97. The van der Waals surface area contributed by atoms with Gasteiger partial charge >= 0.3 is 0 Å². The summed E-state index contributed by atoms with van der Waals surface area (Å²) in [4.78, 5) is 30.4. The Labute approximate surface area is 211 Å². The van der Waals surface area contributed by atoms with Crippen LogP contribution in [0.5, 0.6) is 5.75 Å². The number of carbonyl (C=O) groups excluding carboxylic acids is 2. The highest BCUT2D eigenvalue weighted by molar-refractivity contribution is 7.97. The summed E-state index contributed by atoms with van der Waals surface area (Å²) < 4.78 is 5.57. The number of benzene rings is 2. The van der Waals surface area contributed by atoms with E-state index in [1.165, 1.54) is 11.8 Å². The molecule has 2 amide bonds. The number of hydrogen-bond acceptors (Lipinski definition) is 6. The van der Waals surface area contributed by atoms with Gasteiger partial charge in [0.05, 0.1) is 12.5 Å². The maximum atomic E-state index is 13.6. The van der Waals surface area contributed by atoms with Crippen LogP contribution in [0, 0.1) is 5.41 Å². The first kappa shape index (κ1) is 25.1. The summed E-state index contributed by atoms with van der Waals surface area (Å²) in [6.07, 6.45) is 5.71. The zero-order valence-electron chi connectivity index (χ0n) is 20.5. The van der Waals surface area contributed by atoms with Crippen LogP contribution >= 0.6 is 11.8 Å². The molecule has 35 heavy (non-hydrogen) atoms. The van der Waals surface area contributed by atoms with Crippen molar-refractivity contribution in [2.45, 2.75) is 25.0 Å². The summed E-state index contributed by atoms with van der Waals surface area (Å²) in [5.74, 6) is 1.75. The number of piperidine rings is 1. The van der Waals surface area contributed by atoms with E-state index in [0.717, 1.165) is 29.0 Å². The van der Waals surface area contributed by atoms with E-state index in [2.05, 4.69) is 6.26 Å². The molecule has 0 atom stereocenters. The molecule has 7 nitrogen and oxygen atoms in total. The van der Waals surface area contributed by atoms with Crippen molar-refractivity contribution in [1.82, 2.24) is 4.90 Å². The molecule has 0 unspecified atom stereocenters. The fourth-order valence-corrected chi connectivity index (χ4v) is 5.67. The SMILES string of the molecule is COc1cc(N2CCC3(CCN(C(=O)c4ccc(CSC)cc4)CC3)C2=O)ccc1/C(=C/N)CN. The minimum atomic E-state index is -0.412. The van der Waals surface area contributed by atoms with Gasteiger partial charge in [-0.15, -0.1) is 0 Å². The third-order valence-corrected chi connectivity index (χ3v) is 7.92. The lowest BCUT2D eigenvalue weighted by atomic mass is 9.77. The molecule has 8 heteroatoms. The fourth-order valence-electron chi connectivity index (χ4n) is 5.14. The molecule has 186 valence electrons. The lowest BCUT2D eigenvalue weighted by Gasteiger charge is -2.38. The molecular weight excluding hydrogens is 460 g/mol. The molecule has 2 fully saturated rings. The Morgan fingerprint density at radius 3 is 2.40 bits per heavy atom. The smallest absolute Gasteiger partial charge is 0.253 e. The Bertz CT molecular complexity index is 1110. The number of likely N-dealkylation sites (tertiary alicyclic amines) is 1. The highest BCUT2D eigenvalue weighted by Gasteiger charge is 2.49. The van der Waals surface area contributed by atoms with E-state index in [9.17, 15) is 9.59 Å². The Morgan fingerprint density at radius 2 is 1.80 bits per heavy atom. The quantitative estimate of drug-likeness (QED) is 0.611. The molecular formula is C27H34N4O3S. The monoisotopic (exact) mass is 494 g/mol. The first-order valence-electron chi connectivity index (χ1n) is 11.9. The minimum absolute atomic E-state index is 0.0434. The molecule has 0 saturated carbocycles. The molecule has 2 aliphatic rings. The average molecular weight is 495 g/mol. The van der Waals surface area contributed by atoms with Crippen LogP contribution in [0.2, 0.25) is 0 Å². The van der Waals surface area contributed by atoms with Crippen molar-refractivity contribution in [2.24, 2.45) is 16.9 Å². The molecule has 2 aromatic carbocycles. The number of thioether (sulfide) groups is 1. The Balaban J connectivity index is 1.44. The molecule has 1 spiro atoms. The number of rotatable bonds is 7. The number of anilines is 1. The third kappa shape index (κ3) is 4.90. The molecule has 4 N–H and O–H groups in total. The second-order valence-corrected chi connectivity index (χ2v) is 10.1. The normalized spacial score (nSPS) is 17.8. The lowest BCUT2D eigenvalue weighted by molar-refractivity contribution is -0.127. The van der Waals surface area contributed by atoms with Crippen LogP contribution < -0.4 is 21.1 Å². The van der Waals surface area contributed by atoms with Gasteiger partial charge in [-0.1, -0.05) is 12.1 Å². The molecule has 4 rings (SSSR count). The van der Waals surface area contributed by atoms with Crippen LogP contribution in [0.25, 0.3) is 5.57 Å². The van der Waals surface area contributed by atoms with Crippen molar-refractivity contribution in [3.8, 4) is 5.75 Å². The van der Waals surface area contributed by atoms with Crippen LogP contribution in [-0.2, 0) is 10.5 Å². The molecule has 2 aliphatic heterocycles. The summed E-state index contributed by atoms with van der Waals surface area (Å²) in [6, 6.07) is 13.6. The van der Waals surface area contributed by atoms with Crippen LogP contribution in [0.4, 0.5) is 5.69 Å². The van der Waals surface area contributed by atoms with Crippen LogP contribution in [0.1, 0.15) is 40.7 Å². The largest absolute Gasteiger partial charge is 0.496 e. The number of ether oxygens (including phenoxy) is 1. The number of nitrogens with two attached hydrogens (primary N) is 2. The molecule has 0 bridgehead atoms. The Kier molecular flexibility index (Phi) is 7.72. The van der Waals surface area contributed by atoms with Gasteiger partial charge in [-0.05, 0) is 67.1 Å². The third-order valence-electron chi connectivity index (χ3n) is 7.30. The van der Waals surface area contributed by atoms with Crippen molar-refractivity contribution in [2.75, 3.05) is 44.4 Å². The van der Waals surface area contributed by atoms with Gasteiger partial charge in [0.1, 0.15) is 5.75 Å². The van der Waals surface area contributed by atoms with Crippen LogP contribution in [0.3, 0.4) is 0 Å². The van der Waals surface area contributed by atoms with Crippen molar-refractivity contribution in [3.63, 3.8) is 0 Å². The maximum Gasteiger partial charge on any atom is 0.253 e. The van der Waals surface area contributed by atoms with E-state index in [1.807, 2.05) is 52.3 Å². The van der Waals surface area contributed by atoms with Crippen LogP contribution in [-0.4, -0.2) is 56.3 Å². The van der Waals surface area contributed by atoms with Crippen molar-refractivity contribution in [1.29, 1.82) is 0 Å². The van der Waals surface area contributed by atoms with E-state index < -0.39 is 5.41 Å². The van der Waals surface area contributed by atoms with Crippen molar-refractivity contribution >= 4 is 34.8 Å². The molecule has 2 saturated heterocycles. The standard InChI is InChI=1S/C27H34N4O3S/c1-34-24-15-22(7-8-23(24)21(16-28)17-29)31-14-11-27(26(31)33)9-12-30(13-10-27)25(32)20-5-3-19(4-6-20)18-35-2/h3-8,15-16H,9-14,17-18,28-29H2,1-2H3/b21-16+. The van der Waals surface area contributed by atoms with Gasteiger partial charge in [0.15, 0.2) is 0 Å². The summed E-state index contributed by atoms with van der Waals surface area (Å²) in [5, 5.41) is 0. The average Bonchev–Trinajstić information content (AvgIpc) is 3.21. The van der Waals surface area contributed by atoms with Crippen molar-refractivity contribution in [3.05, 3.63) is 65.4 Å². The zero-order valence-corrected chi connectivity index (χ0v) is 21.3. The van der Waals surface area contributed by atoms with Gasteiger partial charge < -0.3 is 26.0 Å². The maximum absolute atomic E-state index is 13.6. The van der Waals surface area contributed by atoms with Gasteiger partial charge in [-0.3, -0.25) is 9.59 Å². The van der Waals surface area contributed by atoms with Gasteiger partial charge in [0.25, 0.3) is 5.91 Å². The molecule has 2 heterocycles. The second-order valence-electron chi connectivity index (χ2n) is 9.19. The number of nitrogens with zero attached hydrogens (tertiary/aromatic N) is 2. The van der Waals surface area contributed by atoms with E-state index >= 15 is 0 Å². The Morgan fingerprint density at radius 1 is 1.11 bits per heavy atom. The molecule has 2 aromatic rings. The molecule has 0 aliphatic carbocycles. The minimum Gasteiger partial charge on any atom is -0.496 e. The number of carbonyl (C=O) groups is 2. The van der Waals surface area contributed by atoms with E-state index in [1.54, 1.807) is 18.9 Å².